The van der Waals surface area contributed by atoms with Crippen LogP contribution in [0.2, 0.25) is 5.02 Å². The summed E-state index contributed by atoms with van der Waals surface area (Å²) in [5.41, 5.74) is 0.159. The van der Waals surface area contributed by atoms with E-state index in [9.17, 15) is 17.6 Å². The van der Waals surface area contributed by atoms with Crippen LogP contribution in [-0.2, 0) is 0 Å². The summed E-state index contributed by atoms with van der Waals surface area (Å²) in [6.45, 7) is 0.0675. The molecule has 0 saturated carbocycles. The molecule has 0 amide bonds. The Bertz CT molecular complexity index is 351. The molecule has 0 fully saturated rings. The van der Waals surface area contributed by atoms with Crippen molar-refractivity contribution in [3.8, 4) is 0 Å². The second-order valence-corrected chi connectivity index (χ2v) is 3.71. The molecule has 0 aliphatic rings. The molecule has 0 spiro atoms. The highest BCUT2D eigenvalue weighted by Gasteiger charge is 2.25. The first-order valence-electron chi connectivity index (χ1n) is 4.64. The number of halogens is 5. The van der Waals surface area contributed by atoms with Gasteiger partial charge in [-0.05, 0) is 24.6 Å². The summed E-state index contributed by atoms with van der Waals surface area (Å²) in [6.07, 6.45) is -5.14. The van der Waals surface area contributed by atoms with Gasteiger partial charge in [0.15, 0.2) is 0 Å². The fourth-order valence-corrected chi connectivity index (χ4v) is 1.30. The summed E-state index contributed by atoms with van der Waals surface area (Å²) >= 11 is 5.52. The summed E-state index contributed by atoms with van der Waals surface area (Å²) < 4.78 is 48.5. The van der Waals surface area contributed by atoms with Gasteiger partial charge < -0.3 is 5.32 Å². The average Bonchev–Trinajstić information content (AvgIpc) is 2.13. The van der Waals surface area contributed by atoms with E-state index >= 15 is 0 Å². The second-order valence-electron chi connectivity index (χ2n) is 3.27. The van der Waals surface area contributed by atoms with Crippen molar-refractivity contribution in [1.29, 1.82) is 0 Å². The minimum atomic E-state index is -4.17. The summed E-state index contributed by atoms with van der Waals surface area (Å²) in [6, 6.07) is 3.97. The Kier molecular flexibility index (Phi) is 4.41. The third-order valence-corrected chi connectivity index (χ3v) is 2.12. The van der Waals surface area contributed by atoms with Gasteiger partial charge in [-0.3, -0.25) is 0 Å². The predicted molar refractivity (Wildman–Crippen MR) is 55.2 cm³/mol. The van der Waals surface area contributed by atoms with Crippen molar-refractivity contribution in [1.82, 2.24) is 0 Å². The van der Waals surface area contributed by atoms with Crippen LogP contribution in [0.3, 0.4) is 0 Å². The monoisotopic (exact) mass is 255 g/mol. The van der Waals surface area contributed by atoms with Crippen molar-refractivity contribution in [2.75, 3.05) is 11.9 Å². The lowest BCUT2D eigenvalue weighted by Gasteiger charge is -2.09. The highest BCUT2D eigenvalue weighted by atomic mass is 35.5. The normalized spacial score (nSPS) is 11.6. The Balaban J connectivity index is 2.38. The van der Waals surface area contributed by atoms with Crippen molar-refractivity contribution in [3.63, 3.8) is 0 Å². The van der Waals surface area contributed by atoms with Crippen molar-refractivity contribution in [3.05, 3.63) is 29.0 Å². The van der Waals surface area contributed by atoms with E-state index in [0.717, 1.165) is 6.07 Å². The molecule has 0 atom stereocenters. The first-order chi connectivity index (χ1) is 7.38. The quantitative estimate of drug-likeness (QED) is 0.627. The number of hydrogen-bond donors (Lipinski definition) is 1. The van der Waals surface area contributed by atoms with Gasteiger partial charge in [0, 0.05) is 18.0 Å². The van der Waals surface area contributed by atoms with E-state index < -0.39 is 18.4 Å². The first kappa shape index (κ1) is 13.1. The summed E-state index contributed by atoms with van der Waals surface area (Å²) in [7, 11) is 0. The van der Waals surface area contributed by atoms with Crippen LogP contribution >= 0.6 is 11.6 Å². The zero-order chi connectivity index (χ0) is 12.2. The van der Waals surface area contributed by atoms with Crippen molar-refractivity contribution in [2.45, 2.75) is 19.0 Å². The zero-order valence-corrected chi connectivity index (χ0v) is 9.00. The van der Waals surface area contributed by atoms with Gasteiger partial charge in [0.25, 0.3) is 0 Å². The Morgan fingerprint density at radius 1 is 1.25 bits per heavy atom. The average molecular weight is 256 g/mol. The van der Waals surface area contributed by atoms with Crippen LogP contribution in [0.15, 0.2) is 18.2 Å². The zero-order valence-electron chi connectivity index (χ0n) is 8.24. The molecule has 0 bridgehead atoms. The van der Waals surface area contributed by atoms with Gasteiger partial charge in [-0.15, -0.1) is 0 Å². The topological polar surface area (TPSA) is 12.0 Å². The maximum atomic E-state index is 13.1. The lowest BCUT2D eigenvalue weighted by atomic mass is 10.2. The van der Waals surface area contributed by atoms with E-state index in [2.05, 4.69) is 5.32 Å². The van der Waals surface area contributed by atoms with E-state index in [1.54, 1.807) is 0 Å². The number of alkyl halides is 3. The smallest absolute Gasteiger partial charge is 0.383 e. The highest BCUT2D eigenvalue weighted by Crippen LogP contribution is 2.22. The van der Waals surface area contributed by atoms with Gasteiger partial charge in [-0.2, -0.15) is 13.2 Å². The molecule has 16 heavy (non-hydrogen) atoms. The summed E-state index contributed by atoms with van der Waals surface area (Å²) in [5.74, 6) is -0.570. The summed E-state index contributed by atoms with van der Waals surface area (Å²) in [4.78, 5) is 0. The fraction of sp³-hybridized carbons (Fsp3) is 0.400. The molecule has 0 heterocycles. The van der Waals surface area contributed by atoms with E-state index in [-0.39, 0.29) is 23.7 Å². The maximum absolute atomic E-state index is 13.1. The molecular weight excluding hydrogens is 246 g/mol. The van der Waals surface area contributed by atoms with Gasteiger partial charge in [0.2, 0.25) is 0 Å². The molecule has 0 aliphatic carbocycles. The predicted octanol–water partition coefficient (Wildman–Crippen LogP) is 4.23. The minimum absolute atomic E-state index is 0.0675. The maximum Gasteiger partial charge on any atom is 0.389 e. The molecule has 0 unspecified atom stereocenters. The number of nitrogens with one attached hydrogen (secondary N) is 1. The summed E-state index contributed by atoms with van der Waals surface area (Å²) in [5, 5.41) is 2.83. The Hall–Kier alpha value is -0.970. The van der Waals surface area contributed by atoms with Gasteiger partial charge in [0.05, 0.1) is 5.69 Å². The van der Waals surface area contributed by atoms with Crippen molar-refractivity contribution < 1.29 is 17.6 Å². The molecule has 0 radical (unpaired) electrons. The molecule has 0 saturated heterocycles. The number of benzene rings is 1. The molecule has 1 nitrogen and oxygen atoms in total. The number of hydrogen-bond acceptors (Lipinski definition) is 1. The van der Waals surface area contributed by atoms with Crippen LogP contribution in [0.5, 0.6) is 0 Å². The molecule has 1 N–H and O–H groups in total. The van der Waals surface area contributed by atoms with Crippen molar-refractivity contribution in [2.24, 2.45) is 0 Å². The third kappa shape index (κ3) is 4.70. The molecule has 0 aliphatic heterocycles. The van der Waals surface area contributed by atoms with Crippen LogP contribution in [0.25, 0.3) is 0 Å². The SMILES string of the molecule is Fc1cc(Cl)ccc1NCCCC(F)(F)F. The number of anilines is 1. The Morgan fingerprint density at radius 2 is 1.94 bits per heavy atom. The number of rotatable bonds is 4. The van der Waals surface area contributed by atoms with E-state index in [0.29, 0.717) is 0 Å². The standard InChI is InChI=1S/C10H10ClF4N/c11-7-2-3-9(8(12)6-7)16-5-1-4-10(13,14)15/h2-3,6,16H,1,4-5H2. The minimum Gasteiger partial charge on any atom is -0.383 e. The Morgan fingerprint density at radius 3 is 2.50 bits per heavy atom. The molecule has 0 aromatic heterocycles. The lowest BCUT2D eigenvalue weighted by molar-refractivity contribution is -0.134. The largest absolute Gasteiger partial charge is 0.389 e. The molecule has 90 valence electrons. The van der Waals surface area contributed by atoms with Gasteiger partial charge >= 0.3 is 6.18 Å². The highest BCUT2D eigenvalue weighted by molar-refractivity contribution is 6.30. The van der Waals surface area contributed by atoms with E-state index in [4.69, 9.17) is 11.6 Å². The van der Waals surface area contributed by atoms with Gasteiger partial charge in [-0.25, -0.2) is 4.39 Å². The molecule has 6 heteroatoms. The van der Waals surface area contributed by atoms with Gasteiger partial charge in [0.1, 0.15) is 5.82 Å². The Labute approximate surface area is 95.4 Å². The van der Waals surface area contributed by atoms with Gasteiger partial charge in [-0.1, -0.05) is 11.6 Å². The third-order valence-electron chi connectivity index (χ3n) is 1.88. The van der Waals surface area contributed by atoms with E-state index in [1.165, 1.54) is 12.1 Å². The molecule has 1 rings (SSSR count). The first-order valence-corrected chi connectivity index (χ1v) is 5.02. The fourth-order valence-electron chi connectivity index (χ4n) is 1.14. The molecule has 1 aromatic carbocycles. The lowest BCUT2D eigenvalue weighted by Crippen LogP contribution is -2.11. The van der Waals surface area contributed by atoms with Crippen molar-refractivity contribution >= 4 is 17.3 Å². The van der Waals surface area contributed by atoms with E-state index in [1.807, 2.05) is 0 Å². The second kappa shape index (κ2) is 5.39. The van der Waals surface area contributed by atoms with Crippen LogP contribution < -0.4 is 5.32 Å². The molecular formula is C10H10ClF4N. The van der Waals surface area contributed by atoms with Crippen LogP contribution in [0.4, 0.5) is 23.2 Å². The molecule has 1 aromatic rings. The van der Waals surface area contributed by atoms with Crippen LogP contribution in [0, 0.1) is 5.82 Å². The van der Waals surface area contributed by atoms with Crippen LogP contribution in [-0.4, -0.2) is 12.7 Å². The van der Waals surface area contributed by atoms with Crippen LogP contribution in [0.1, 0.15) is 12.8 Å².